The van der Waals surface area contributed by atoms with Crippen LogP contribution in [0.3, 0.4) is 0 Å². The molecule has 0 saturated carbocycles. The van der Waals surface area contributed by atoms with Gasteiger partial charge in [-0.15, -0.1) is 0 Å². The van der Waals surface area contributed by atoms with E-state index in [-0.39, 0.29) is 0 Å². The highest BCUT2D eigenvalue weighted by Crippen LogP contribution is 2.21. The zero-order chi connectivity index (χ0) is 11.2. The molecule has 88 valence electrons. The average Bonchev–Trinajstić information content (AvgIpc) is 2.57. The number of rotatable bonds is 3. The molecule has 1 aliphatic rings. The van der Waals surface area contributed by atoms with E-state index in [2.05, 4.69) is 12.1 Å². The molecule has 2 rings (SSSR count). The molecule has 1 unspecified atom stereocenters. The van der Waals surface area contributed by atoms with E-state index in [1.54, 1.807) is 0 Å². The van der Waals surface area contributed by atoms with Crippen molar-refractivity contribution in [2.45, 2.75) is 32.1 Å². The van der Waals surface area contributed by atoms with Crippen molar-refractivity contribution in [2.75, 3.05) is 18.9 Å². The fourth-order valence-corrected chi connectivity index (χ4v) is 2.31. The van der Waals surface area contributed by atoms with E-state index in [1.807, 2.05) is 12.1 Å². The maximum atomic E-state index is 5.67. The summed E-state index contributed by atoms with van der Waals surface area (Å²) in [5, 5.41) is 0. The Bertz CT molecular complexity index is 299. The van der Waals surface area contributed by atoms with Gasteiger partial charge in [-0.25, -0.2) is 0 Å². The summed E-state index contributed by atoms with van der Waals surface area (Å²) in [5.74, 6) is 0.847. The van der Waals surface area contributed by atoms with Gasteiger partial charge in [-0.1, -0.05) is 12.1 Å². The first kappa shape index (κ1) is 11.5. The summed E-state index contributed by atoms with van der Waals surface area (Å²) in [7, 11) is 0. The van der Waals surface area contributed by atoms with E-state index >= 15 is 0 Å². The molecule has 0 aromatic heterocycles. The molecule has 0 aliphatic carbocycles. The Labute approximate surface area is 97.8 Å². The highest BCUT2D eigenvalue weighted by atomic mass is 16.5. The topological polar surface area (TPSA) is 35.2 Å². The summed E-state index contributed by atoms with van der Waals surface area (Å²) >= 11 is 0. The van der Waals surface area contributed by atoms with Crippen LogP contribution in [0.5, 0.6) is 0 Å². The summed E-state index contributed by atoms with van der Waals surface area (Å²) < 4.78 is 5.48. The molecule has 1 aliphatic heterocycles. The van der Waals surface area contributed by atoms with Gasteiger partial charge in [-0.2, -0.15) is 0 Å². The highest BCUT2D eigenvalue weighted by molar-refractivity contribution is 5.39. The van der Waals surface area contributed by atoms with Crippen LogP contribution in [0.15, 0.2) is 24.3 Å². The predicted octanol–water partition coefficient (Wildman–Crippen LogP) is 3.02. The predicted molar refractivity (Wildman–Crippen MR) is 67.3 cm³/mol. The van der Waals surface area contributed by atoms with Gasteiger partial charge in [0.1, 0.15) is 0 Å². The van der Waals surface area contributed by atoms with Crippen LogP contribution in [0, 0.1) is 5.92 Å². The summed E-state index contributed by atoms with van der Waals surface area (Å²) in [6.45, 7) is 1.91. The second-order valence-electron chi connectivity index (χ2n) is 4.69. The van der Waals surface area contributed by atoms with Gasteiger partial charge in [-0.3, -0.25) is 0 Å². The van der Waals surface area contributed by atoms with E-state index in [0.717, 1.165) is 24.8 Å². The van der Waals surface area contributed by atoms with Crippen LogP contribution in [-0.2, 0) is 11.2 Å². The van der Waals surface area contributed by atoms with Gasteiger partial charge in [0.15, 0.2) is 0 Å². The van der Waals surface area contributed by atoms with Gasteiger partial charge < -0.3 is 10.5 Å². The maximum Gasteiger partial charge on any atom is 0.0468 e. The Morgan fingerprint density at radius 3 is 2.75 bits per heavy atom. The van der Waals surface area contributed by atoms with E-state index in [4.69, 9.17) is 10.5 Å². The number of anilines is 1. The van der Waals surface area contributed by atoms with Crippen molar-refractivity contribution in [1.82, 2.24) is 0 Å². The van der Waals surface area contributed by atoms with Gasteiger partial charge in [0.2, 0.25) is 0 Å². The molecule has 1 aromatic rings. The Balaban J connectivity index is 1.79. The third-order valence-corrected chi connectivity index (χ3v) is 3.39. The average molecular weight is 219 g/mol. The minimum absolute atomic E-state index is 0.847. The van der Waals surface area contributed by atoms with Crippen LogP contribution in [0.2, 0.25) is 0 Å². The monoisotopic (exact) mass is 219 g/mol. The SMILES string of the molecule is Nc1ccc(CCC2CCCOCC2)cc1. The first-order valence-corrected chi connectivity index (χ1v) is 6.27. The fourth-order valence-electron chi connectivity index (χ4n) is 2.31. The molecule has 16 heavy (non-hydrogen) atoms. The summed E-state index contributed by atoms with van der Waals surface area (Å²) in [5.41, 5.74) is 7.93. The quantitative estimate of drug-likeness (QED) is 0.793. The van der Waals surface area contributed by atoms with E-state index < -0.39 is 0 Å². The molecule has 0 amide bonds. The van der Waals surface area contributed by atoms with Gasteiger partial charge in [0, 0.05) is 18.9 Å². The Kier molecular flexibility index (Phi) is 4.23. The van der Waals surface area contributed by atoms with Crippen LogP contribution >= 0.6 is 0 Å². The van der Waals surface area contributed by atoms with Crippen molar-refractivity contribution in [2.24, 2.45) is 5.92 Å². The van der Waals surface area contributed by atoms with Crippen LogP contribution in [0.1, 0.15) is 31.2 Å². The maximum absolute atomic E-state index is 5.67. The molecule has 2 N–H and O–H groups in total. The molecule has 0 spiro atoms. The third-order valence-electron chi connectivity index (χ3n) is 3.39. The molecule has 1 aromatic carbocycles. The first-order valence-electron chi connectivity index (χ1n) is 6.27. The molecule has 0 bridgehead atoms. The van der Waals surface area contributed by atoms with Crippen molar-refractivity contribution in [1.29, 1.82) is 0 Å². The second kappa shape index (κ2) is 5.90. The van der Waals surface area contributed by atoms with Crippen molar-refractivity contribution in [3.63, 3.8) is 0 Å². The number of ether oxygens (including phenoxy) is 1. The standard InChI is InChI=1S/C14H21NO/c15-14-7-5-13(6-8-14)4-3-12-2-1-10-16-11-9-12/h5-8,12H,1-4,9-11,15H2. The largest absolute Gasteiger partial charge is 0.399 e. The minimum Gasteiger partial charge on any atom is -0.399 e. The molecule has 0 radical (unpaired) electrons. The number of nitrogen functional groups attached to an aromatic ring is 1. The smallest absolute Gasteiger partial charge is 0.0468 e. The van der Waals surface area contributed by atoms with E-state index in [1.165, 1.54) is 37.7 Å². The number of benzene rings is 1. The van der Waals surface area contributed by atoms with Crippen molar-refractivity contribution in [3.8, 4) is 0 Å². The fraction of sp³-hybridized carbons (Fsp3) is 0.571. The number of nitrogens with two attached hydrogens (primary N) is 1. The van der Waals surface area contributed by atoms with Crippen LogP contribution < -0.4 is 5.73 Å². The number of hydrogen-bond donors (Lipinski definition) is 1. The number of hydrogen-bond acceptors (Lipinski definition) is 2. The Hall–Kier alpha value is -1.02. The molecular weight excluding hydrogens is 198 g/mol. The molecule has 1 heterocycles. The molecule has 1 atom stereocenters. The summed E-state index contributed by atoms with van der Waals surface area (Å²) in [4.78, 5) is 0. The van der Waals surface area contributed by atoms with Crippen molar-refractivity contribution >= 4 is 5.69 Å². The van der Waals surface area contributed by atoms with Crippen molar-refractivity contribution < 1.29 is 4.74 Å². The summed E-state index contributed by atoms with van der Waals surface area (Å²) in [6, 6.07) is 8.27. The van der Waals surface area contributed by atoms with Crippen LogP contribution in [0.25, 0.3) is 0 Å². The van der Waals surface area contributed by atoms with E-state index in [9.17, 15) is 0 Å². The molecule has 1 saturated heterocycles. The van der Waals surface area contributed by atoms with Crippen molar-refractivity contribution in [3.05, 3.63) is 29.8 Å². The van der Waals surface area contributed by atoms with Gasteiger partial charge in [-0.05, 0) is 55.7 Å². The van der Waals surface area contributed by atoms with Gasteiger partial charge >= 0.3 is 0 Å². The highest BCUT2D eigenvalue weighted by Gasteiger charge is 2.12. The van der Waals surface area contributed by atoms with Crippen LogP contribution in [0.4, 0.5) is 5.69 Å². The molecular formula is C14H21NO. The summed E-state index contributed by atoms with van der Waals surface area (Å²) in [6.07, 6.45) is 6.24. The lowest BCUT2D eigenvalue weighted by Crippen LogP contribution is -2.03. The minimum atomic E-state index is 0.847. The Morgan fingerprint density at radius 2 is 1.94 bits per heavy atom. The van der Waals surface area contributed by atoms with Crippen LogP contribution in [-0.4, -0.2) is 13.2 Å². The van der Waals surface area contributed by atoms with Gasteiger partial charge in [0.05, 0.1) is 0 Å². The zero-order valence-electron chi connectivity index (χ0n) is 9.82. The Morgan fingerprint density at radius 1 is 1.12 bits per heavy atom. The number of aryl methyl sites for hydroxylation is 1. The zero-order valence-corrected chi connectivity index (χ0v) is 9.82. The lowest BCUT2D eigenvalue weighted by atomic mass is 9.93. The lowest BCUT2D eigenvalue weighted by molar-refractivity contribution is 0.141. The molecule has 1 fully saturated rings. The van der Waals surface area contributed by atoms with E-state index in [0.29, 0.717) is 0 Å². The second-order valence-corrected chi connectivity index (χ2v) is 4.69. The molecule has 2 heteroatoms. The third kappa shape index (κ3) is 3.53. The lowest BCUT2D eigenvalue weighted by Gasteiger charge is -2.12. The molecule has 2 nitrogen and oxygen atoms in total. The normalized spacial score (nSPS) is 21.6. The van der Waals surface area contributed by atoms with Gasteiger partial charge in [0.25, 0.3) is 0 Å². The first-order chi connectivity index (χ1) is 7.84.